The second-order valence-corrected chi connectivity index (χ2v) is 4.38. The minimum Gasteiger partial charge on any atom is -0.468 e. The van der Waals surface area contributed by atoms with Gasteiger partial charge in [0.2, 0.25) is 0 Å². The summed E-state index contributed by atoms with van der Waals surface area (Å²) in [6, 6.07) is 4.65. The van der Waals surface area contributed by atoms with Crippen LogP contribution in [0.1, 0.15) is 11.6 Å². The van der Waals surface area contributed by atoms with Crippen LogP contribution < -0.4 is 5.73 Å². The van der Waals surface area contributed by atoms with Crippen molar-refractivity contribution in [3.63, 3.8) is 0 Å². The molecule has 0 spiro atoms. The molecule has 0 fully saturated rings. The number of hydrogen-bond donors (Lipinski definition) is 1. The molecule has 3 nitrogen and oxygen atoms in total. The Hall–Kier alpha value is -0.390. The van der Waals surface area contributed by atoms with Gasteiger partial charge >= 0.3 is 5.97 Å². The zero-order valence-corrected chi connectivity index (χ0v) is 10.6. The van der Waals surface area contributed by atoms with Crippen LogP contribution >= 0.6 is 31.9 Å². The second kappa shape index (κ2) is 4.91. The fourth-order valence-electron chi connectivity index (χ4n) is 0.969. The molecular weight excluding hydrogens is 314 g/mol. The number of methoxy groups -OCH3 is 1. The summed E-state index contributed by atoms with van der Waals surface area (Å²) < 4.78 is 6.32. The van der Waals surface area contributed by atoms with Gasteiger partial charge in [-0.2, -0.15) is 0 Å². The molecule has 0 aromatic heterocycles. The molecule has 1 atom stereocenters. The summed E-state index contributed by atoms with van der Waals surface area (Å²) in [6.07, 6.45) is 0. The first kappa shape index (κ1) is 11.7. The number of halogens is 2. The van der Waals surface area contributed by atoms with Gasteiger partial charge in [0.05, 0.1) is 7.11 Å². The van der Waals surface area contributed by atoms with Crippen molar-refractivity contribution < 1.29 is 9.53 Å². The van der Waals surface area contributed by atoms with Gasteiger partial charge in [-0.3, -0.25) is 4.79 Å². The van der Waals surface area contributed by atoms with Crippen molar-refractivity contribution in [2.75, 3.05) is 7.11 Å². The first-order valence-electron chi connectivity index (χ1n) is 3.84. The Labute approximate surface area is 98.9 Å². The van der Waals surface area contributed by atoms with Crippen molar-refractivity contribution in [2.24, 2.45) is 5.73 Å². The highest BCUT2D eigenvalue weighted by Gasteiger charge is 2.16. The number of nitrogens with two attached hydrogens (primary N) is 1. The van der Waals surface area contributed by atoms with E-state index >= 15 is 0 Å². The van der Waals surface area contributed by atoms with Gasteiger partial charge in [0.1, 0.15) is 6.04 Å². The van der Waals surface area contributed by atoms with E-state index in [1.165, 1.54) is 7.11 Å². The summed E-state index contributed by atoms with van der Waals surface area (Å²) in [5.41, 5.74) is 6.37. The van der Waals surface area contributed by atoms with E-state index in [-0.39, 0.29) is 0 Å². The van der Waals surface area contributed by atoms with Gasteiger partial charge in [-0.05, 0) is 49.6 Å². The highest BCUT2D eigenvalue weighted by molar-refractivity contribution is 9.13. The predicted octanol–water partition coefficient (Wildman–Crippen LogP) is 2.38. The summed E-state index contributed by atoms with van der Waals surface area (Å²) in [7, 11) is 1.32. The van der Waals surface area contributed by atoms with E-state index < -0.39 is 12.0 Å². The molecule has 0 aliphatic carbocycles. The Morgan fingerprint density at radius 3 is 2.57 bits per heavy atom. The van der Waals surface area contributed by atoms with E-state index in [2.05, 4.69) is 36.6 Å². The monoisotopic (exact) mass is 321 g/mol. The molecule has 0 amide bonds. The Morgan fingerprint density at radius 1 is 1.43 bits per heavy atom. The molecule has 14 heavy (non-hydrogen) atoms. The van der Waals surface area contributed by atoms with Gasteiger partial charge < -0.3 is 10.5 Å². The second-order valence-electron chi connectivity index (χ2n) is 2.67. The van der Waals surface area contributed by atoms with Crippen LogP contribution in [0.2, 0.25) is 0 Å². The third-order valence-corrected chi connectivity index (χ3v) is 3.64. The number of carbonyl (C=O) groups is 1. The van der Waals surface area contributed by atoms with E-state index in [0.717, 1.165) is 8.95 Å². The van der Waals surface area contributed by atoms with E-state index in [9.17, 15) is 4.79 Å². The number of ether oxygens (including phenoxy) is 1. The summed E-state index contributed by atoms with van der Waals surface area (Å²) in [4.78, 5) is 11.1. The van der Waals surface area contributed by atoms with Gasteiger partial charge in [-0.1, -0.05) is 6.07 Å². The Morgan fingerprint density at radius 2 is 2.07 bits per heavy atom. The Kier molecular flexibility index (Phi) is 4.10. The van der Waals surface area contributed by atoms with E-state index in [1.807, 2.05) is 6.07 Å². The molecule has 76 valence electrons. The van der Waals surface area contributed by atoms with Gasteiger partial charge in [0.15, 0.2) is 0 Å². The van der Waals surface area contributed by atoms with Gasteiger partial charge in [0.25, 0.3) is 0 Å². The smallest absolute Gasteiger partial charge is 0.327 e. The molecular formula is C9H9Br2NO2. The molecule has 0 heterocycles. The lowest BCUT2D eigenvalue weighted by molar-refractivity contribution is -0.142. The molecule has 1 aromatic carbocycles. The molecule has 0 unspecified atom stereocenters. The number of rotatable bonds is 2. The fourth-order valence-corrected chi connectivity index (χ4v) is 1.61. The van der Waals surface area contributed by atoms with Crippen LogP contribution in [0.15, 0.2) is 27.1 Å². The van der Waals surface area contributed by atoms with Crippen molar-refractivity contribution in [3.8, 4) is 0 Å². The number of benzene rings is 1. The largest absolute Gasteiger partial charge is 0.468 e. The number of carbonyl (C=O) groups excluding carboxylic acids is 1. The van der Waals surface area contributed by atoms with E-state index in [1.54, 1.807) is 12.1 Å². The standard InChI is InChI=1S/C9H9Br2NO2/c1-14-9(13)8(12)5-2-3-6(10)7(11)4-5/h2-4,8H,12H2,1H3/t8-/m0/s1. The van der Waals surface area contributed by atoms with Crippen molar-refractivity contribution in [3.05, 3.63) is 32.7 Å². The van der Waals surface area contributed by atoms with E-state index in [0.29, 0.717) is 5.56 Å². The first-order chi connectivity index (χ1) is 6.56. The summed E-state index contributed by atoms with van der Waals surface area (Å²) in [6.45, 7) is 0. The highest BCUT2D eigenvalue weighted by Crippen LogP contribution is 2.26. The van der Waals surface area contributed by atoms with Gasteiger partial charge in [-0.15, -0.1) is 0 Å². The third-order valence-electron chi connectivity index (χ3n) is 1.76. The Bertz CT molecular complexity index is 355. The van der Waals surface area contributed by atoms with Crippen LogP contribution in [0, 0.1) is 0 Å². The molecule has 1 aromatic rings. The van der Waals surface area contributed by atoms with Crippen LogP contribution in [0.5, 0.6) is 0 Å². The fraction of sp³-hybridized carbons (Fsp3) is 0.222. The van der Waals surface area contributed by atoms with Crippen molar-refractivity contribution in [2.45, 2.75) is 6.04 Å². The molecule has 0 bridgehead atoms. The van der Waals surface area contributed by atoms with Crippen molar-refractivity contribution >= 4 is 37.8 Å². The van der Waals surface area contributed by atoms with Crippen molar-refractivity contribution in [1.29, 1.82) is 0 Å². The molecule has 5 heteroatoms. The minimum absolute atomic E-state index is 0.445. The quantitative estimate of drug-likeness (QED) is 0.851. The van der Waals surface area contributed by atoms with Crippen molar-refractivity contribution in [1.82, 2.24) is 0 Å². The van der Waals surface area contributed by atoms with Crippen LogP contribution in [-0.2, 0) is 9.53 Å². The normalized spacial score (nSPS) is 12.3. The molecule has 1 rings (SSSR count). The van der Waals surface area contributed by atoms with Gasteiger partial charge in [-0.25, -0.2) is 0 Å². The SMILES string of the molecule is COC(=O)[C@@H](N)c1ccc(Br)c(Br)c1. The maximum Gasteiger partial charge on any atom is 0.327 e. The third kappa shape index (κ3) is 2.56. The lowest BCUT2D eigenvalue weighted by Crippen LogP contribution is -2.22. The van der Waals surface area contributed by atoms with Gasteiger partial charge in [0, 0.05) is 8.95 Å². The molecule has 0 saturated heterocycles. The van der Waals surface area contributed by atoms with Crippen LogP contribution in [0.3, 0.4) is 0 Å². The number of hydrogen-bond acceptors (Lipinski definition) is 3. The molecule has 0 saturated carbocycles. The van der Waals surface area contributed by atoms with Crippen LogP contribution in [-0.4, -0.2) is 13.1 Å². The summed E-state index contributed by atoms with van der Waals surface area (Å²) in [5, 5.41) is 0. The zero-order chi connectivity index (χ0) is 10.7. The van der Waals surface area contributed by atoms with Crippen LogP contribution in [0.25, 0.3) is 0 Å². The highest BCUT2D eigenvalue weighted by atomic mass is 79.9. The topological polar surface area (TPSA) is 52.3 Å². The maximum atomic E-state index is 11.1. The molecule has 0 radical (unpaired) electrons. The minimum atomic E-state index is -0.732. The maximum absolute atomic E-state index is 11.1. The summed E-state index contributed by atoms with van der Waals surface area (Å²) >= 11 is 6.66. The molecule has 2 N–H and O–H groups in total. The lowest BCUT2D eigenvalue weighted by atomic mass is 10.1. The molecule has 0 aliphatic heterocycles. The van der Waals surface area contributed by atoms with E-state index in [4.69, 9.17) is 5.73 Å². The van der Waals surface area contributed by atoms with Crippen LogP contribution in [0.4, 0.5) is 0 Å². The number of esters is 1. The average molecular weight is 323 g/mol. The zero-order valence-electron chi connectivity index (χ0n) is 7.46. The molecule has 0 aliphatic rings. The lowest BCUT2D eigenvalue weighted by Gasteiger charge is -2.10. The summed E-state index contributed by atoms with van der Waals surface area (Å²) in [5.74, 6) is -0.445. The first-order valence-corrected chi connectivity index (χ1v) is 5.43. The Balaban J connectivity index is 2.96. The average Bonchev–Trinajstić information content (AvgIpc) is 2.20. The predicted molar refractivity (Wildman–Crippen MR) is 60.8 cm³/mol.